The third-order valence-corrected chi connectivity index (χ3v) is 8.04. The lowest BCUT2D eigenvalue weighted by Crippen LogP contribution is -2.60. The van der Waals surface area contributed by atoms with Crippen LogP contribution in [0.2, 0.25) is 0 Å². The Kier molecular flexibility index (Phi) is 3.94. The van der Waals surface area contributed by atoms with Crippen LogP contribution >= 0.6 is 23.5 Å². The van der Waals surface area contributed by atoms with E-state index in [9.17, 15) is 9.90 Å². The molecule has 23 heavy (non-hydrogen) atoms. The summed E-state index contributed by atoms with van der Waals surface area (Å²) in [6.07, 6.45) is 4.16. The molecule has 1 amide bonds. The van der Waals surface area contributed by atoms with Crippen molar-refractivity contribution >= 4 is 29.4 Å². The number of nitrogens with zero attached hydrogens (tertiary/aromatic N) is 2. The molecule has 1 unspecified atom stereocenters. The van der Waals surface area contributed by atoms with Gasteiger partial charge in [0.25, 0.3) is 0 Å². The van der Waals surface area contributed by atoms with Crippen LogP contribution in [0.15, 0.2) is 28.3 Å². The number of pyridine rings is 1. The third-order valence-electron chi connectivity index (χ3n) is 4.96. The zero-order chi connectivity index (χ0) is 16.1. The van der Waals surface area contributed by atoms with Gasteiger partial charge < -0.3 is 10.0 Å². The second-order valence-corrected chi connectivity index (χ2v) is 8.88. The summed E-state index contributed by atoms with van der Waals surface area (Å²) >= 11 is 3.59. The van der Waals surface area contributed by atoms with E-state index in [1.165, 1.54) is 15.5 Å². The Balaban J connectivity index is 1.51. The minimum absolute atomic E-state index is 0.0786. The summed E-state index contributed by atoms with van der Waals surface area (Å²) in [4.78, 5) is 18.8. The van der Waals surface area contributed by atoms with E-state index in [1.807, 2.05) is 42.8 Å². The first-order valence-corrected chi connectivity index (χ1v) is 9.87. The minimum Gasteiger partial charge on any atom is -0.392 e. The van der Waals surface area contributed by atoms with Gasteiger partial charge in [0, 0.05) is 11.9 Å². The Morgan fingerprint density at radius 3 is 3.17 bits per heavy atom. The summed E-state index contributed by atoms with van der Waals surface area (Å²) in [7, 11) is 0. The summed E-state index contributed by atoms with van der Waals surface area (Å²) in [5.74, 6) is -0.165. The first-order valence-electron chi connectivity index (χ1n) is 8.11. The van der Waals surface area contributed by atoms with Crippen molar-refractivity contribution < 1.29 is 9.90 Å². The molecule has 1 fully saturated rings. The van der Waals surface area contributed by atoms with Crippen molar-refractivity contribution in [3.05, 3.63) is 39.5 Å². The maximum Gasteiger partial charge on any atom is 0.236 e. The number of aryl methyl sites for hydroxylation is 1. The molecule has 2 aliphatic heterocycles. The van der Waals surface area contributed by atoms with E-state index in [4.69, 9.17) is 0 Å². The van der Waals surface area contributed by atoms with Crippen molar-refractivity contribution in [1.82, 2.24) is 9.88 Å². The lowest BCUT2D eigenvalue weighted by atomic mass is 9.90. The number of β-lactam (4-membered cyclic amide) rings is 1. The number of aromatic nitrogens is 1. The quantitative estimate of drug-likeness (QED) is 0.846. The lowest BCUT2D eigenvalue weighted by molar-refractivity contribution is -0.153. The van der Waals surface area contributed by atoms with Gasteiger partial charge in [-0.15, -0.1) is 11.8 Å². The number of fused-ring (bicyclic) bond motifs is 2. The van der Waals surface area contributed by atoms with Crippen LogP contribution in [-0.4, -0.2) is 32.4 Å². The highest BCUT2D eigenvalue weighted by molar-refractivity contribution is 8.22. The molecular weight excluding hydrogens is 328 g/mol. The fourth-order valence-electron chi connectivity index (χ4n) is 3.60. The molecule has 3 aliphatic rings. The van der Waals surface area contributed by atoms with Gasteiger partial charge in [0.15, 0.2) is 0 Å². The Morgan fingerprint density at radius 1 is 1.57 bits per heavy atom. The number of amides is 1. The molecule has 3 heterocycles. The predicted molar refractivity (Wildman–Crippen MR) is 93.6 cm³/mol. The van der Waals surface area contributed by atoms with Crippen LogP contribution in [0.25, 0.3) is 0 Å². The van der Waals surface area contributed by atoms with Crippen molar-refractivity contribution in [2.24, 2.45) is 5.92 Å². The van der Waals surface area contributed by atoms with Gasteiger partial charge in [0.1, 0.15) is 5.37 Å². The highest BCUT2D eigenvalue weighted by Crippen LogP contribution is 2.57. The van der Waals surface area contributed by atoms with Gasteiger partial charge in [-0.1, -0.05) is 24.8 Å². The standard InChI is InChI=1S/C17H20N2O2S2/c1-3-11(20)13-15(21)19-9(2)17(23-16(13)19)22-12-7-6-10-5-4-8-18-14(10)12/h4-5,8,11-13,16,20H,3,6-7H2,1-2H3/t11-,12?,13+,16+/m0/s1. The van der Waals surface area contributed by atoms with E-state index in [-0.39, 0.29) is 17.2 Å². The molecule has 0 radical (unpaired) electrons. The summed E-state index contributed by atoms with van der Waals surface area (Å²) in [6.45, 7) is 3.95. The zero-order valence-electron chi connectivity index (χ0n) is 13.2. The number of aliphatic hydroxyl groups excluding tert-OH is 1. The van der Waals surface area contributed by atoms with Crippen LogP contribution in [0.5, 0.6) is 0 Å². The molecule has 122 valence electrons. The van der Waals surface area contributed by atoms with Gasteiger partial charge in [-0.25, -0.2) is 0 Å². The molecule has 0 spiro atoms. The van der Waals surface area contributed by atoms with Gasteiger partial charge >= 0.3 is 0 Å². The van der Waals surface area contributed by atoms with E-state index < -0.39 is 6.10 Å². The van der Waals surface area contributed by atoms with Crippen molar-refractivity contribution in [3.63, 3.8) is 0 Å². The number of rotatable bonds is 4. The van der Waals surface area contributed by atoms with Gasteiger partial charge in [0.2, 0.25) is 5.91 Å². The molecular formula is C17H20N2O2S2. The SMILES string of the molecule is CC[C@H](O)[C@@H]1C(=O)N2C(C)=C(SC3CCc4cccnc43)S[C@H]12. The number of hydrogen-bond acceptors (Lipinski definition) is 5. The highest BCUT2D eigenvalue weighted by atomic mass is 32.2. The highest BCUT2D eigenvalue weighted by Gasteiger charge is 2.55. The molecule has 6 heteroatoms. The third kappa shape index (κ3) is 2.34. The van der Waals surface area contributed by atoms with Crippen LogP contribution < -0.4 is 0 Å². The average molecular weight is 348 g/mol. The molecule has 4 rings (SSSR count). The smallest absolute Gasteiger partial charge is 0.236 e. The van der Waals surface area contributed by atoms with Crippen molar-refractivity contribution in [2.75, 3.05) is 0 Å². The van der Waals surface area contributed by atoms with Crippen LogP contribution in [0.4, 0.5) is 0 Å². The molecule has 1 saturated heterocycles. The number of aliphatic hydroxyl groups is 1. The maximum absolute atomic E-state index is 12.3. The van der Waals surface area contributed by atoms with Crippen molar-refractivity contribution in [2.45, 2.75) is 49.8 Å². The predicted octanol–water partition coefficient (Wildman–Crippen LogP) is 3.29. The Bertz CT molecular complexity index is 691. The van der Waals surface area contributed by atoms with E-state index >= 15 is 0 Å². The van der Waals surface area contributed by atoms with Gasteiger partial charge in [-0.05, 0) is 37.8 Å². The molecule has 4 nitrogen and oxygen atoms in total. The van der Waals surface area contributed by atoms with E-state index in [0.717, 1.165) is 18.5 Å². The summed E-state index contributed by atoms with van der Waals surface area (Å²) in [5.41, 5.74) is 3.60. The number of allylic oxidation sites excluding steroid dienone is 1. The van der Waals surface area contributed by atoms with Crippen LogP contribution in [0, 0.1) is 5.92 Å². The molecule has 1 aromatic heterocycles. The number of carbonyl (C=O) groups is 1. The molecule has 1 aliphatic carbocycles. The van der Waals surface area contributed by atoms with E-state index in [2.05, 4.69) is 11.1 Å². The second kappa shape index (κ2) is 5.83. The molecule has 1 N–H and O–H groups in total. The van der Waals surface area contributed by atoms with Gasteiger partial charge in [-0.3, -0.25) is 9.78 Å². The fourth-order valence-corrected chi connectivity index (χ4v) is 6.86. The van der Waals surface area contributed by atoms with E-state index in [0.29, 0.717) is 11.7 Å². The average Bonchev–Trinajstić information content (AvgIpc) is 3.07. The molecule has 4 atom stereocenters. The second-order valence-electron chi connectivity index (χ2n) is 6.28. The van der Waals surface area contributed by atoms with Crippen molar-refractivity contribution in [3.8, 4) is 0 Å². The summed E-state index contributed by atoms with van der Waals surface area (Å²) in [5, 5.41) is 10.6. The molecule has 0 saturated carbocycles. The molecule has 0 bridgehead atoms. The topological polar surface area (TPSA) is 53.4 Å². The Labute approximate surface area is 144 Å². The van der Waals surface area contributed by atoms with Gasteiger partial charge in [0.05, 0.1) is 27.2 Å². The van der Waals surface area contributed by atoms with Crippen LogP contribution in [0.3, 0.4) is 0 Å². The van der Waals surface area contributed by atoms with Crippen LogP contribution in [-0.2, 0) is 11.2 Å². The number of thioether (sulfide) groups is 2. The number of carbonyl (C=O) groups excluding carboxylic acids is 1. The Hall–Kier alpha value is -0.980. The lowest BCUT2D eigenvalue weighted by Gasteiger charge is -2.44. The minimum atomic E-state index is -0.526. The summed E-state index contributed by atoms with van der Waals surface area (Å²) in [6, 6.07) is 4.17. The monoisotopic (exact) mass is 348 g/mol. The first kappa shape index (κ1) is 15.5. The van der Waals surface area contributed by atoms with Crippen LogP contribution in [0.1, 0.15) is 43.2 Å². The maximum atomic E-state index is 12.3. The number of hydrogen-bond donors (Lipinski definition) is 1. The fraction of sp³-hybridized carbons (Fsp3) is 0.529. The molecule has 0 aromatic carbocycles. The van der Waals surface area contributed by atoms with E-state index in [1.54, 1.807) is 11.8 Å². The Morgan fingerprint density at radius 2 is 2.39 bits per heavy atom. The first-order chi connectivity index (χ1) is 11.1. The van der Waals surface area contributed by atoms with Gasteiger partial charge in [-0.2, -0.15) is 0 Å². The van der Waals surface area contributed by atoms with Crippen molar-refractivity contribution in [1.29, 1.82) is 0 Å². The zero-order valence-corrected chi connectivity index (χ0v) is 14.9. The summed E-state index contributed by atoms with van der Waals surface area (Å²) < 4.78 is 1.22. The largest absolute Gasteiger partial charge is 0.392 e. The normalized spacial score (nSPS) is 30.3. The molecule has 1 aromatic rings.